The van der Waals surface area contributed by atoms with E-state index >= 15 is 0 Å². The second-order valence-electron chi connectivity index (χ2n) is 8.04. The topological polar surface area (TPSA) is 32.3 Å². The lowest BCUT2D eigenvalue weighted by molar-refractivity contribution is -0.145. The summed E-state index contributed by atoms with van der Waals surface area (Å²) in [6.45, 7) is 3.99. The summed E-state index contributed by atoms with van der Waals surface area (Å²) in [7, 11) is 4.15. The quantitative estimate of drug-likeness (QED) is 0.818. The second-order valence-corrected chi connectivity index (χ2v) is 8.04. The molecule has 0 aromatic rings. The molecule has 4 bridgehead atoms. The molecule has 0 spiro atoms. The fourth-order valence-corrected chi connectivity index (χ4v) is 5.47. The third kappa shape index (κ3) is 3.46. The average molecular weight is 315 g/mol. The van der Waals surface area contributed by atoms with E-state index in [0.29, 0.717) is 5.78 Å². The number of Topliss-reactive ketones (excluding diaryl/α,β-unsaturated/α-hetero) is 1. The number of likely N-dealkylation sites (N-methyl/N-ethyl adjacent to an activating group) is 1. The first-order valence-corrected chi connectivity index (χ1v) is 8.41. The molecule has 0 aromatic heterocycles. The van der Waals surface area contributed by atoms with Gasteiger partial charge in [-0.05, 0) is 77.3 Å². The Morgan fingerprint density at radius 1 is 1.14 bits per heavy atom. The minimum absolute atomic E-state index is 0. The van der Waals surface area contributed by atoms with E-state index in [4.69, 9.17) is 0 Å². The molecule has 1 atom stereocenters. The molecule has 0 radical (unpaired) electrons. The normalized spacial score (nSPS) is 38.4. The number of carbonyl (C=O) groups is 1. The lowest BCUT2D eigenvalue weighted by atomic mass is 9.48. The summed E-state index contributed by atoms with van der Waals surface area (Å²) in [5, 5.41) is 3.45. The van der Waals surface area contributed by atoms with Gasteiger partial charge in [0.25, 0.3) is 0 Å². The third-order valence-electron chi connectivity index (χ3n) is 5.96. The van der Waals surface area contributed by atoms with Gasteiger partial charge in [-0.15, -0.1) is 12.4 Å². The lowest BCUT2D eigenvalue weighted by Gasteiger charge is -2.56. The van der Waals surface area contributed by atoms with Gasteiger partial charge >= 0.3 is 0 Å². The second kappa shape index (κ2) is 6.55. The number of ketones is 1. The minimum Gasteiger partial charge on any atom is -0.308 e. The van der Waals surface area contributed by atoms with Crippen LogP contribution in [-0.2, 0) is 4.79 Å². The summed E-state index contributed by atoms with van der Waals surface area (Å²) in [6.07, 6.45) is 7.81. The van der Waals surface area contributed by atoms with Crippen LogP contribution in [0.3, 0.4) is 0 Å². The predicted molar refractivity (Wildman–Crippen MR) is 88.9 cm³/mol. The molecule has 0 saturated heterocycles. The van der Waals surface area contributed by atoms with Crippen molar-refractivity contribution in [1.29, 1.82) is 0 Å². The molecule has 4 rings (SSSR count). The average Bonchev–Trinajstić information content (AvgIpc) is 2.35. The van der Waals surface area contributed by atoms with E-state index in [9.17, 15) is 4.79 Å². The Morgan fingerprint density at radius 2 is 1.62 bits per heavy atom. The van der Waals surface area contributed by atoms with Gasteiger partial charge in [0.05, 0.1) is 6.04 Å². The van der Waals surface area contributed by atoms with Crippen molar-refractivity contribution in [2.24, 2.45) is 23.2 Å². The summed E-state index contributed by atoms with van der Waals surface area (Å²) in [6, 6.07) is 0.0335. The first-order valence-electron chi connectivity index (χ1n) is 8.41. The number of rotatable bonds is 6. The number of hydrogen-bond donors (Lipinski definition) is 1. The maximum Gasteiger partial charge on any atom is 0.155 e. The van der Waals surface area contributed by atoms with Crippen LogP contribution in [0.4, 0.5) is 0 Å². The number of halogens is 1. The maximum atomic E-state index is 13.0. The zero-order valence-electron chi connectivity index (χ0n) is 13.7. The Kier molecular flexibility index (Phi) is 5.38. The van der Waals surface area contributed by atoms with Gasteiger partial charge < -0.3 is 10.2 Å². The highest BCUT2D eigenvalue weighted by atomic mass is 35.5. The number of carbonyl (C=O) groups excluding carboxylic acids is 1. The Hall–Kier alpha value is -0.120. The van der Waals surface area contributed by atoms with Gasteiger partial charge in [-0.3, -0.25) is 4.79 Å². The van der Waals surface area contributed by atoms with Crippen molar-refractivity contribution < 1.29 is 4.79 Å². The highest BCUT2D eigenvalue weighted by Crippen LogP contribution is 2.60. The zero-order chi connectivity index (χ0) is 14.3. The molecule has 4 aliphatic rings. The van der Waals surface area contributed by atoms with E-state index in [0.717, 1.165) is 30.8 Å². The van der Waals surface area contributed by atoms with Gasteiger partial charge in [0, 0.05) is 18.5 Å². The summed E-state index contributed by atoms with van der Waals surface area (Å²) >= 11 is 0. The Morgan fingerprint density at radius 3 is 2.05 bits per heavy atom. The van der Waals surface area contributed by atoms with Gasteiger partial charge in [-0.2, -0.15) is 0 Å². The van der Waals surface area contributed by atoms with Crippen LogP contribution in [0.15, 0.2) is 0 Å². The molecule has 21 heavy (non-hydrogen) atoms. The van der Waals surface area contributed by atoms with Crippen LogP contribution in [0.1, 0.15) is 45.4 Å². The fraction of sp³-hybridized carbons (Fsp3) is 0.941. The number of nitrogens with zero attached hydrogens (tertiary/aromatic N) is 1. The summed E-state index contributed by atoms with van der Waals surface area (Å²) in [5.41, 5.74) is 0.0548. The van der Waals surface area contributed by atoms with E-state index in [1.54, 1.807) is 0 Å². The highest BCUT2D eigenvalue weighted by molar-refractivity contribution is 5.89. The van der Waals surface area contributed by atoms with Crippen LogP contribution in [0, 0.1) is 23.2 Å². The zero-order valence-corrected chi connectivity index (χ0v) is 14.5. The number of nitrogens with one attached hydrogen (secondary N) is 1. The lowest BCUT2D eigenvalue weighted by Crippen LogP contribution is -2.54. The Labute approximate surface area is 135 Å². The van der Waals surface area contributed by atoms with E-state index in [1.165, 1.54) is 38.5 Å². The molecule has 0 amide bonds. The molecule has 1 unspecified atom stereocenters. The SMILES string of the molecule is CC(NCCN(C)C)C(=O)C12CC3CC(CC(C3)C1)C2.Cl. The molecule has 1 N–H and O–H groups in total. The van der Waals surface area contributed by atoms with Crippen LogP contribution < -0.4 is 5.32 Å². The van der Waals surface area contributed by atoms with Crippen LogP contribution in [0.2, 0.25) is 0 Å². The molecule has 0 heterocycles. The number of hydrogen-bond acceptors (Lipinski definition) is 3. The molecular formula is C17H31ClN2O. The van der Waals surface area contributed by atoms with E-state index in [2.05, 4.69) is 31.2 Å². The van der Waals surface area contributed by atoms with Gasteiger partial charge in [0.2, 0.25) is 0 Å². The van der Waals surface area contributed by atoms with Crippen LogP contribution in [0.25, 0.3) is 0 Å². The van der Waals surface area contributed by atoms with Gasteiger partial charge in [-0.25, -0.2) is 0 Å². The fourth-order valence-electron chi connectivity index (χ4n) is 5.47. The van der Waals surface area contributed by atoms with Crippen molar-refractivity contribution in [3.05, 3.63) is 0 Å². The van der Waals surface area contributed by atoms with Crippen molar-refractivity contribution in [2.45, 2.75) is 51.5 Å². The third-order valence-corrected chi connectivity index (χ3v) is 5.96. The Balaban J connectivity index is 0.00000161. The predicted octanol–water partition coefficient (Wildman–Crippen LogP) is 2.73. The maximum absolute atomic E-state index is 13.0. The molecule has 4 fully saturated rings. The van der Waals surface area contributed by atoms with Gasteiger partial charge in [-0.1, -0.05) is 0 Å². The molecular weight excluding hydrogens is 284 g/mol. The smallest absolute Gasteiger partial charge is 0.155 e. The molecule has 4 heteroatoms. The van der Waals surface area contributed by atoms with Gasteiger partial charge in [0.1, 0.15) is 0 Å². The first-order chi connectivity index (χ1) is 9.48. The molecule has 0 aliphatic heterocycles. The van der Waals surface area contributed by atoms with Crippen LogP contribution in [0.5, 0.6) is 0 Å². The van der Waals surface area contributed by atoms with E-state index < -0.39 is 0 Å². The van der Waals surface area contributed by atoms with Crippen LogP contribution in [-0.4, -0.2) is 43.9 Å². The summed E-state index contributed by atoms with van der Waals surface area (Å²) in [5.74, 6) is 3.10. The summed E-state index contributed by atoms with van der Waals surface area (Å²) < 4.78 is 0. The van der Waals surface area contributed by atoms with Crippen molar-refractivity contribution in [3.8, 4) is 0 Å². The highest BCUT2D eigenvalue weighted by Gasteiger charge is 2.54. The molecule has 4 aliphatic carbocycles. The van der Waals surface area contributed by atoms with Crippen molar-refractivity contribution in [2.75, 3.05) is 27.2 Å². The monoisotopic (exact) mass is 314 g/mol. The minimum atomic E-state index is 0. The standard InChI is InChI=1S/C17H30N2O.ClH/c1-12(18-4-5-19(2)3)16(20)17-9-13-6-14(10-17)8-15(7-13)11-17;/h12-15,18H,4-11H2,1-3H3;1H. The first kappa shape index (κ1) is 17.2. The van der Waals surface area contributed by atoms with Crippen molar-refractivity contribution >= 4 is 18.2 Å². The Bertz CT molecular complexity index is 348. The van der Waals surface area contributed by atoms with E-state index in [-0.39, 0.29) is 23.9 Å². The van der Waals surface area contributed by atoms with E-state index in [1.807, 2.05) is 0 Å². The largest absolute Gasteiger partial charge is 0.308 e. The molecule has 4 saturated carbocycles. The van der Waals surface area contributed by atoms with Gasteiger partial charge in [0.15, 0.2) is 5.78 Å². The van der Waals surface area contributed by atoms with Crippen LogP contribution >= 0.6 is 12.4 Å². The van der Waals surface area contributed by atoms with Crippen molar-refractivity contribution in [1.82, 2.24) is 10.2 Å². The summed E-state index contributed by atoms with van der Waals surface area (Å²) in [4.78, 5) is 15.2. The molecule has 3 nitrogen and oxygen atoms in total. The van der Waals surface area contributed by atoms with Crippen molar-refractivity contribution in [3.63, 3.8) is 0 Å². The molecule has 122 valence electrons. The molecule has 0 aromatic carbocycles.